The summed E-state index contributed by atoms with van der Waals surface area (Å²) in [6, 6.07) is 11.4. The standard InChI is InChI=1S/C19H18FN3O3/c1-12-6-7-13(20)15(10-12)22-17(24)8-9-19(26)23-11-18(25)21-14-4-2-3-5-16(14)23/h2-7,10H,8-9,11H2,1H3,(H,21,25)(H,22,24). The summed E-state index contributed by atoms with van der Waals surface area (Å²) in [5.41, 5.74) is 2.06. The number of benzene rings is 2. The van der Waals surface area contributed by atoms with Crippen molar-refractivity contribution in [1.29, 1.82) is 0 Å². The van der Waals surface area contributed by atoms with Gasteiger partial charge in [-0.25, -0.2) is 4.39 Å². The third kappa shape index (κ3) is 3.88. The van der Waals surface area contributed by atoms with E-state index >= 15 is 0 Å². The van der Waals surface area contributed by atoms with Gasteiger partial charge in [0.2, 0.25) is 17.7 Å². The molecule has 0 aromatic heterocycles. The summed E-state index contributed by atoms with van der Waals surface area (Å²) >= 11 is 0. The van der Waals surface area contributed by atoms with Gasteiger partial charge in [0, 0.05) is 12.8 Å². The summed E-state index contributed by atoms with van der Waals surface area (Å²) in [5, 5.41) is 5.17. The largest absolute Gasteiger partial charge is 0.324 e. The molecule has 2 aromatic rings. The number of anilines is 3. The van der Waals surface area contributed by atoms with Crippen LogP contribution in [0, 0.1) is 12.7 Å². The highest BCUT2D eigenvalue weighted by atomic mass is 19.1. The van der Waals surface area contributed by atoms with Crippen LogP contribution < -0.4 is 15.5 Å². The molecule has 3 amide bonds. The van der Waals surface area contributed by atoms with E-state index in [2.05, 4.69) is 10.6 Å². The fourth-order valence-electron chi connectivity index (χ4n) is 2.76. The Morgan fingerprint density at radius 2 is 1.96 bits per heavy atom. The lowest BCUT2D eigenvalue weighted by Crippen LogP contribution is -2.42. The van der Waals surface area contributed by atoms with Gasteiger partial charge in [-0.05, 0) is 36.8 Å². The first-order valence-corrected chi connectivity index (χ1v) is 8.19. The Kier molecular flexibility index (Phi) is 4.97. The number of hydrogen-bond donors (Lipinski definition) is 2. The smallest absolute Gasteiger partial charge is 0.244 e. The van der Waals surface area contributed by atoms with Crippen molar-refractivity contribution in [3.63, 3.8) is 0 Å². The van der Waals surface area contributed by atoms with Gasteiger partial charge in [-0.2, -0.15) is 0 Å². The minimum Gasteiger partial charge on any atom is -0.324 e. The zero-order valence-corrected chi connectivity index (χ0v) is 14.2. The van der Waals surface area contributed by atoms with Gasteiger partial charge < -0.3 is 15.5 Å². The van der Waals surface area contributed by atoms with E-state index in [9.17, 15) is 18.8 Å². The van der Waals surface area contributed by atoms with Crippen molar-refractivity contribution < 1.29 is 18.8 Å². The lowest BCUT2D eigenvalue weighted by atomic mass is 10.1. The van der Waals surface area contributed by atoms with Crippen LogP contribution >= 0.6 is 0 Å². The number of nitrogens with zero attached hydrogens (tertiary/aromatic N) is 1. The van der Waals surface area contributed by atoms with E-state index in [1.165, 1.54) is 17.0 Å². The van der Waals surface area contributed by atoms with Crippen molar-refractivity contribution in [1.82, 2.24) is 0 Å². The Labute approximate surface area is 150 Å². The maximum absolute atomic E-state index is 13.7. The van der Waals surface area contributed by atoms with Crippen molar-refractivity contribution in [2.75, 3.05) is 22.1 Å². The van der Waals surface area contributed by atoms with Crippen LogP contribution in [0.4, 0.5) is 21.5 Å². The number of amides is 3. The van der Waals surface area contributed by atoms with Crippen LogP contribution in [0.3, 0.4) is 0 Å². The summed E-state index contributed by atoms with van der Waals surface area (Å²) in [6.07, 6.45) is -0.187. The second-order valence-electron chi connectivity index (χ2n) is 6.08. The molecule has 7 heteroatoms. The number of carbonyl (C=O) groups excluding carboxylic acids is 3. The van der Waals surface area contributed by atoms with Crippen LogP contribution in [0.1, 0.15) is 18.4 Å². The Hall–Kier alpha value is -3.22. The van der Waals surface area contributed by atoms with Crippen LogP contribution in [0.15, 0.2) is 42.5 Å². The van der Waals surface area contributed by atoms with Gasteiger partial charge >= 0.3 is 0 Å². The molecule has 0 bridgehead atoms. The molecule has 0 saturated heterocycles. The highest BCUT2D eigenvalue weighted by Gasteiger charge is 2.26. The first kappa shape index (κ1) is 17.6. The van der Waals surface area contributed by atoms with Gasteiger partial charge in [-0.15, -0.1) is 0 Å². The number of rotatable bonds is 4. The summed E-state index contributed by atoms with van der Waals surface area (Å²) in [7, 11) is 0. The van der Waals surface area contributed by atoms with Gasteiger partial charge in [-0.1, -0.05) is 18.2 Å². The summed E-state index contributed by atoms with van der Waals surface area (Å²) in [6.45, 7) is 1.70. The molecule has 0 radical (unpaired) electrons. The molecule has 6 nitrogen and oxygen atoms in total. The van der Waals surface area contributed by atoms with Crippen LogP contribution in [0.25, 0.3) is 0 Å². The summed E-state index contributed by atoms with van der Waals surface area (Å²) in [5.74, 6) is -1.62. The molecular weight excluding hydrogens is 337 g/mol. The minimum atomic E-state index is -0.531. The SMILES string of the molecule is Cc1ccc(F)c(NC(=O)CCC(=O)N2CC(=O)Nc3ccccc32)c1. The number of halogens is 1. The maximum atomic E-state index is 13.7. The summed E-state index contributed by atoms with van der Waals surface area (Å²) in [4.78, 5) is 37.6. The number of hydrogen-bond acceptors (Lipinski definition) is 3. The molecule has 0 unspecified atom stereocenters. The monoisotopic (exact) mass is 355 g/mol. The zero-order chi connectivity index (χ0) is 18.7. The molecule has 0 atom stereocenters. The van der Waals surface area contributed by atoms with Crippen LogP contribution in [0.5, 0.6) is 0 Å². The minimum absolute atomic E-state index is 0.0825. The van der Waals surface area contributed by atoms with E-state index in [4.69, 9.17) is 0 Å². The van der Waals surface area contributed by atoms with Crippen molar-refractivity contribution in [3.05, 3.63) is 53.8 Å². The number of para-hydroxylation sites is 2. The molecule has 3 rings (SSSR count). The maximum Gasteiger partial charge on any atom is 0.244 e. The molecule has 1 aliphatic rings. The van der Waals surface area contributed by atoms with Crippen molar-refractivity contribution >= 4 is 34.8 Å². The Balaban J connectivity index is 1.63. The third-order valence-corrected chi connectivity index (χ3v) is 4.03. The molecule has 1 aliphatic heterocycles. The van der Waals surface area contributed by atoms with Crippen molar-refractivity contribution in [2.45, 2.75) is 19.8 Å². The van der Waals surface area contributed by atoms with E-state index in [0.717, 1.165) is 5.56 Å². The zero-order valence-electron chi connectivity index (χ0n) is 14.2. The Morgan fingerprint density at radius 3 is 2.77 bits per heavy atom. The van der Waals surface area contributed by atoms with Gasteiger partial charge in [0.1, 0.15) is 12.4 Å². The fourth-order valence-corrected chi connectivity index (χ4v) is 2.76. The first-order chi connectivity index (χ1) is 12.4. The second kappa shape index (κ2) is 7.35. The second-order valence-corrected chi connectivity index (χ2v) is 6.08. The molecule has 134 valence electrons. The van der Waals surface area contributed by atoms with E-state index in [1.807, 2.05) is 0 Å². The van der Waals surface area contributed by atoms with Gasteiger partial charge in [0.25, 0.3) is 0 Å². The van der Waals surface area contributed by atoms with Gasteiger partial charge in [-0.3, -0.25) is 14.4 Å². The summed E-state index contributed by atoms with van der Waals surface area (Å²) < 4.78 is 13.7. The lowest BCUT2D eigenvalue weighted by molar-refractivity contribution is -0.124. The van der Waals surface area contributed by atoms with E-state index in [1.54, 1.807) is 37.3 Å². The van der Waals surface area contributed by atoms with Crippen LogP contribution in [-0.4, -0.2) is 24.3 Å². The normalized spacial score (nSPS) is 13.0. The number of aryl methyl sites for hydroxylation is 1. The van der Waals surface area contributed by atoms with E-state index < -0.39 is 11.7 Å². The average Bonchev–Trinajstić information content (AvgIpc) is 2.62. The molecule has 0 fully saturated rings. The molecule has 1 heterocycles. The van der Waals surface area contributed by atoms with E-state index in [-0.39, 0.29) is 36.9 Å². The number of fused-ring (bicyclic) bond motifs is 1. The predicted octanol–water partition coefficient (Wildman–Crippen LogP) is 2.84. The average molecular weight is 355 g/mol. The van der Waals surface area contributed by atoms with Crippen molar-refractivity contribution in [2.24, 2.45) is 0 Å². The highest BCUT2D eigenvalue weighted by molar-refractivity contribution is 6.10. The fraction of sp³-hybridized carbons (Fsp3) is 0.211. The van der Waals surface area contributed by atoms with Crippen molar-refractivity contribution in [3.8, 4) is 0 Å². The molecular formula is C19H18FN3O3. The Bertz CT molecular complexity index is 882. The molecule has 0 spiro atoms. The molecule has 0 saturated carbocycles. The first-order valence-electron chi connectivity index (χ1n) is 8.19. The van der Waals surface area contributed by atoms with Crippen LogP contribution in [-0.2, 0) is 14.4 Å². The Morgan fingerprint density at radius 1 is 1.19 bits per heavy atom. The highest BCUT2D eigenvalue weighted by Crippen LogP contribution is 2.29. The van der Waals surface area contributed by atoms with Gasteiger partial charge in [0.15, 0.2) is 0 Å². The van der Waals surface area contributed by atoms with Gasteiger partial charge in [0.05, 0.1) is 17.1 Å². The molecule has 2 N–H and O–H groups in total. The third-order valence-electron chi connectivity index (χ3n) is 4.03. The molecule has 0 aliphatic carbocycles. The quantitative estimate of drug-likeness (QED) is 0.885. The topological polar surface area (TPSA) is 78.5 Å². The number of nitrogens with one attached hydrogen (secondary N) is 2. The number of carbonyl (C=O) groups is 3. The van der Waals surface area contributed by atoms with Crippen LogP contribution in [0.2, 0.25) is 0 Å². The predicted molar refractivity (Wildman–Crippen MR) is 96.4 cm³/mol. The molecule has 26 heavy (non-hydrogen) atoms. The lowest BCUT2D eigenvalue weighted by Gasteiger charge is -2.29. The molecule has 2 aromatic carbocycles. The van der Waals surface area contributed by atoms with E-state index in [0.29, 0.717) is 11.4 Å².